The summed E-state index contributed by atoms with van der Waals surface area (Å²) >= 11 is 4.74. The van der Waals surface area contributed by atoms with Gasteiger partial charge in [-0.25, -0.2) is 4.79 Å². The molecule has 3 rings (SSSR count). The summed E-state index contributed by atoms with van der Waals surface area (Å²) in [6.45, 7) is 3.85. The number of benzene rings is 2. The van der Waals surface area contributed by atoms with Gasteiger partial charge in [-0.3, -0.25) is 4.79 Å². The van der Waals surface area contributed by atoms with Crippen LogP contribution in [0.4, 0.5) is 5.00 Å². The van der Waals surface area contributed by atoms with E-state index in [-0.39, 0.29) is 24.7 Å². The van der Waals surface area contributed by atoms with Gasteiger partial charge in [-0.1, -0.05) is 25.5 Å². The van der Waals surface area contributed by atoms with Gasteiger partial charge >= 0.3 is 5.97 Å². The Morgan fingerprint density at radius 3 is 2.40 bits per heavy atom. The molecule has 0 atom stereocenters. The average molecular weight is 562 g/mol. The molecule has 0 aliphatic carbocycles. The predicted octanol–water partition coefficient (Wildman–Crippen LogP) is 6.34. The largest absolute Gasteiger partial charge is 0.493 e. The van der Waals surface area contributed by atoms with Gasteiger partial charge in [0.15, 0.2) is 18.1 Å². The van der Waals surface area contributed by atoms with E-state index in [0.29, 0.717) is 27.8 Å². The maximum Gasteiger partial charge on any atom is 0.341 e. The summed E-state index contributed by atoms with van der Waals surface area (Å²) in [6.07, 6.45) is 2.01. The third-order valence-corrected chi connectivity index (χ3v) is 6.63. The Kier molecular flexibility index (Phi) is 9.56. The fourth-order valence-electron chi connectivity index (χ4n) is 3.48. The smallest absolute Gasteiger partial charge is 0.341 e. The van der Waals surface area contributed by atoms with Crippen molar-refractivity contribution < 1.29 is 28.5 Å². The highest BCUT2D eigenvalue weighted by molar-refractivity contribution is 9.10. The Labute approximate surface area is 217 Å². The van der Waals surface area contributed by atoms with Gasteiger partial charge in [-0.2, -0.15) is 0 Å². The van der Waals surface area contributed by atoms with Gasteiger partial charge in [0.1, 0.15) is 16.3 Å². The van der Waals surface area contributed by atoms with Crippen LogP contribution in [0.25, 0.3) is 11.1 Å². The summed E-state index contributed by atoms with van der Waals surface area (Å²) in [4.78, 5) is 25.5. The number of hydrogen-bond donors (Lipinski definition) is 1. The summed E-state index contributed by atoms with van der Waals surface area (Å²) in [7, 11) is 3.10. The lowest BCUT2D eigenvalue weighted by atomic mass is 10.0. The van der Waals surface area contributed by atoms with E-state index in [2.05, 4.69) is 28.2 Å². The summed E-state index contributed by atoms with van der Waals surface area (Å²) in [5.41, 5.74) is 2.83. The first kappa shape index (κ1) is 26.6. The number of nitrogens with one attached hydrogen (secondary N) is 1. The number of aryl methyl sites for hydroxylation is 1. The Balaban J connectivity index is 1.81. The number of rotatable bonds is 11. The quantitative estimate of drug-likeness (QED) is 0.275. The number of thiophene rings is 1. The number of hydrogen-bond acceptors (Lipinski definition) is 7. The van der Waals surface area contributed by atoms with Crippen LogP contribution in [0.3, 0.4) is 0 Å². The number of methoxy groups -OCH3 is 2. The van der Waals surface area contributed by atoms with Crippen LogP contribution in [0.2, 0.25) is 0 Å². The molecule has 0 saturated carbocycles. The maximum absolute atomic E-state index is 12.8. The lowest BCUT2D eigenvalue weighted by Crippen LogP contribution is -2.21. The second-order valence-electron chi connectivity index (χ2n) is 7.50. The molecule has 1 aromatic heterocycles. The van der Waals surface area contributed by atoms with Crippen LogP contribution in [0.1, 0.15) is 36.2 Å². The van der Waals surface area contributed by atoms with Crippen LogP contribution < -0.4 is 19.5 Å². The molecule has 0 saturated heterocycles. The SMILES string of the molecule is CCCc1ccc(OCC(=O)Nc2scc(-c3ccc(OC)c(OC)c3)c2C(=O)OCC)c(Br)c1. The minimum Gasteiger partial charge on any atom is -0.493 e. The molecule has 1 N–H and O–H groups in total. The molecule has 0 aliphatic rings. The number of halogens is 1. The van der Waals surface area contributed by atoms with Gasteiger partial charge in [0.05, 0.1) is 25.3 Å². The molecule has 1 amide bonds. The zero-order chi connectivity index (χ0) is 25.4. The van der Waals surface area contributed by atoms with Gasteiger partial charge in [0.2, 0.25) is 0 Å². The number of ether oxygens (including phenoxy) is 4. The monoisotopic (exact) mass is 561 g/mol. The van der Waals surface area contributed by atoms with Gasteiger partial charge < -0.3 is 24.3 Å². The van der Waals surface area contributed by atoms with E-state index >= 15 is 0 Å². The van der Waals surface area contributed by atoms with Crippen LogP contribution in [0.5, 0.6) is 17.2 Å². The van der Waals surface area contributed by atoms with Crippen molar-refractivity contribution in [2.45, 2.75) is 26.7 Å². The number of esters is 1. The number of carbonyl (C=O) groups excluding carboxylic acids is 2. The third kappa shape index (κ3) is 6.55. The topological polar surface area (TPSA) is 83.1 Å². The van der Waals surface area contributed by atoms with Crippen molar-refractivity contribution >= 4 is 44.1 Å². The Hall–Kier alpha value is -3.04. The fraction of sp³-hybridized carbons (Fsp3) is 0.308. The molecule has 2 aromatic carbocycles. The van der Waals surface area contributed by atoms with Gasteiger partial charge in [-0.05, 0) is 64.7 Å². The van der Waals surface area contributed by atoms with Gasteiger partial charge in [0.25, 0.3) is 5.91 Å². The first-order valence-electron chi connectivity index (χ1n) is 11.1. The molecule has 0 unspecified atom stereocenters. The summed E-state index contributed by atoms with van der Waals surface area (Å²) < 4.78 is 22.5. The minimum absolute atomic E-state index is 0.207. The maximum atomic E-state index is 12.8. The lowest BCUT2D eigenvalue weighted by molar-refractivity contribution is -0.118. The van der Waals surface area contributed by atoms with Crippen molar-refractivity contribution in [1.82, 2.24) is 0 Å². The molecule has 0 aliphatic heterocycles. The fourth-order valence-corrected chi connectivity index (χ4v) is 5.00. The normalized spacial score (nSPS) is 10.5. The number of carbonyl (C=O) groups is 2. The number of amides is 1. The molecule has 186 valence electrons. The Morgan fingerprint density at radius 2 is 1.74 bits per heavy atom. The van der Waals surface area contributed by atoms with E-state index < -0.39 is 5.97 Å². The molecule has 0 spiro atoms. The van der Waals surface area contributed by atoms with E-state index in [9.17, 15) is 9.59 Å². The molecule has 0 bridgehead atoms. The van der Waals surface area contributed by atoms with Crippen LogP contribution in [0.15, 0.2) is 46.3 Å². The van der Waals surface area contributed by atoms with Gasteiger partial charge in [-0.15, -0.1) is 11.3 Å². The third-order valence-electron chi connectivity index (χ3n) is 5.11. The molecule has 0 fully saturated rings. The van der Waals surface area contributed by atoms with E-state index in [1.54, 1.807) is 38.7 Å². The lowest BCUT2D eigenvalue weighted by Gasteiger charge is -2.12. The first-order chi connectivity index (χ1) is 16.9. The van der Waals surface area contributed by atoms with Crippen LogP contribution >= 0.6 is 27.3 Å². The summed E-state index contributed by atoms with van der Waals surface area (Å²) in [6, 6.07) is 11.2. The first-order valence-corrected chi connectivity index (χ1v) is 12.8. The second-order valence-corrected chi connectivity index (χ2v) is 9.23. The zero-order valence-corrected chi connectivity index (χ0v) is 22.5. The number of anilines is 1. The van der Waals surface area contributed by atoms with Crippen LogP contribution in [-0.2, 0) is 16.0 Å². The highest BCUT2D eigenvalue weighted by Gasteiger charge is 2.24. The molecular weight excluding hydrogens is 534 g/mol. The van der Waals surface area contributed by atoms with Crippen LogP contribution in [-0.4, -0.2) is 39.3 Å². The zero-order valence-electron chi connectivity index (χ0n) is 20.1. The van der Waals surface area contributed by atoms with Crippen molar-refractivity contribution in [2.24, 2.45) is 0 Å². The molecule has 1 heterocycles. The molecule has 3 aromatic rings. The van der Waals surface area contributed by atoms with Crippen molar-refractivity contribution in [2.75, 3.05) is 32.8 Å². The Bertz CT molecular complexity index is 1190. The highest BCUT2D eigenvalue weighted by Crippen LogP contribution is 2.39. The molecule has 7 nitrogen and oxygen atoms in total. The van der Waals surface area contributed by atoms with Crippen molar-refractivity contribution in [3.63, 3.8) is 0 Å². The minimum atomic E-state index is -0.524. The van der Waals surface area contributed by atoms with E-state index in [1.807, 2.05) is 24.3 Å². The Morgan fingerprint density at radius 1 is 1.00 bits per heavy atom. The second kappa shape index (κ2) is 12.6. The molecule has 35 heavy (non-hydrogen) atoms. The summed E-state index contributed by atoms with van der Waals surface area (Å²) in [5.74, 6) is 0.761. The average Bonchev–Trinajstić information content (AvgIpc) is 3.26. The molecular formula is C26H28BrNO6S. The van der Waals surface area contributed by atoms with Gasteiger partial charge in [0, 0.05) is 10.9 Å². The van der Waals surface area contributed by atoms with Crippen molar-refractivity contribution in [3.05, 3.63) is 57.4 Å². The van der Waals surface area contributed by atoms with E-state index in [4.69, 9.17) is 18.9 Å². The predicted molar refractivity (Wildman–Crippen MR) is 141 cm³/mol. The van der Waals surface area contributed by atoms with Crippen LogP contribution in [0, 0.1) is 0 Å². The molecule has 0 radical (unpaired) electrons. The van der Waals surface area contributed by atoms with Crippen molar-refractivity contribution in [3.8, 4) is 28.4 Å². The van der Waals surface area contributed by atoms with E-state index in [1.165, 1.54) is 16.9 Å². The highest BCUT2D eigenvalue weighted by atomic mass is 79.9. The molecule has 9 heteroatoms. The van der Waals surface area contributed by atoms with Crippen molar-refractivity contribution in [1.29, 1.82) is 0 Å². The summed E-state index contributed by atoms with van der Waals surface area (Å²) in [5, 5.41) is 4.98. The standard InChI is InChI=1S/C26H28BrNO6S/c1-5-7-16-8-10-20(19(27)12-16)34-14-23(29)28-25-24(26(30)33-6-2)18(15-35-25)17-9-11-21(31-3)22(13-17)32-4/h8-13,15H,5-7,14H2,1-4H3,(H,28,29). The van der Waals surface area contributed by atoms with E-state index in [0.717, 1.165) is 22.9 Å².